The fraction of sp³-hybridized carbons (Fsp3) is 0.231. The van der Waals surface area contributed by atoms with Gasteiger partial charge in [0, 0.05) is 31.4 Å². The Morgan fingerprint density at radius 3 is 2.54 bits per heavy atom. The number of hydrogen-bond donors (Lipinski definition) is 3. The molecule has 0 aliphatic carbocycles. The summed E-state index contributed by atoms with van der Waals surface area (Å²) >= 11 is 5.29. The first-order chi connectivity index (χ1) is 18.0. The van der Waals surface area contributed by atoms with E-state index in [0.29, 0.717) is 55.1 Å². The number of pyridine rings is 1. The maximum atomic E-state index is 12.4. The van der Waals surface area contributed by atoms with Crippen molar-refractivity contribution in [1.29, 1.82) is 0 Å². The van der Waals surface area contributed by atoms with Gasteiger partial charge in [0.15, 0.2) is 5.11 Å². The number of aromatic nitrogens is 1. The van der Waals surface area contributed by atoms with Crippen LogP contribution in [-0.4, -0.2) is 60.3 Å². The van der Waals surface area contributed by atoms with Crippen LogP contribution in [0, 0.1) is 0 Å². The third-order valence-corrected chi connectivity index (χ3v) is 5.59. The Balaban J connectivity index is 1.35. The summed E-state index contributed by atoms with van der Waals surface area (Å²) in [6.45, 7) is 2.09. The number of methoxy groups -OCH3 is 1. The second-order valence-electron chi connectivity index (χ2n) is 8.04. The molecule has 192 valence electrons. The Labute approximate surface area is 219 Å². The lowest BCUT2D eigenvalue weighted by Crippen LogP contribution is -2.43. The summed E-state index contributed by atoms with van der Waals surface area (Å²) in [7, 11) is 1.52. The standard InChI is InChI=1S/C26H27N5O5S/c1-34-22-16-19(7-8-21(22)28-25(37)30-24(32)15-18-5-3-2-4-6-18)36-20-9-10-27-23(17-20)29-26(33)31-11-13-35-14-12-31/h2-10,16-17H,11-15H2,1H3,(H,27,29,33)(H2,28,30,32,37). The topological polar surface area (TPSA) is 114 Å². The fourth-order valence-corrected chi connectivity index (χ4v) is 3.80. The number of amides is 3. The first kappa shape index (κ1) is 25.9. The molecule has 1 aliphatic heterocycles. The number of nitrogens with zero attached hydrogens (tertiary/aromatic N) is 2. The fourth-order valence-electron chi connectivity index (χ4n) is 3.58. The van der Waals surface area contributed by atoms with Crippen molar-refractivity contribution in [2.75, 3.05) is 44.0 Å². The molecule has 1 aliphatic rings. The van der Waals surface area contributed by atoms with Gasteiger partial charge in [0.1, 0.15) is 23.1 Å². The van der Waals surface area contributed by atoms with Crippen LogP contribution in [0.15, 0.2) is 66.9 Å². The van der Waals surface area contributed by atoms with Crippen LogP contribution < -0.4 is 25.4 Å². The number of anilines is 2. The first-order valence-electron chi connectivity index (χ1n) is 11.6. The number of carbonyl (C=O) groups is 2. The molecule has 0 radical (unpaired) electrons. The number of carbonyl (C=O) groups excluding carboxylic acids is 2. The molecule has 0 saturated carbocycles. The molecule has 0 atom stereocenters. The number of nitrogens with one attached hydrogen (secondary N) is 3. The maximum Gasteiger partial charge on any atom is 0.323 e. The first-order valence-corrected chi connectivity index (χ1v) is 12.0. The summed E-state index contributed by atoms with van der Waals surface area (Å²) in [5.74, 6) is 1.59. The number of benzene rings is 2. The van der Waals surface area contributed by atoms with Crippen LogP contribution >= 0.6 is 12.2 Å². The lowest BCUT2D eigenvalue weighted by molar-refractivity contribution is -0.119. The third kappa shape index (κ3) is 7.63. The molecule has 1 aromatic heterocycles. The summed E-state index contributed by atoms with van der Waals surface area (Å²) in [5, 5.41) is 8.58. The van der Waals surface area contributed by atoms with E-state index in [1.165, 1.54) is 7.11 Å². The SMILES string of the molecule is COc1cc(Oc2ccnc(NC(=O)N3CCOCC3)c2)ccc1NC(=S)NC(=O)Cc1ccccc1. The molecular formula is C26H27N5O5S. The molecular weight excluding hydrogens is 494 g/mol. The highest BCUT2D eigenvalue weighted by molar-refractivity contribution is 7.80. The molecule has 1 fully saturated rings. The van der Waals surface area contributed by atoms with E-state index in [2.05, 4.69) is 20.9 Å². The van der Waals surface area contributed by atoms with E-state index >= 15 is 0 Å². The van der Waals surface area contributed by atoms with Gasteiger partial charge in [-0.1, -0.05) is 30.3 Å². The number of thiocarbonyl (C=S) groups is 1. The van der Waals surface area contributed by atoms with E-state index in [1.54, 1.807) is 41.4 Å². The van der Waals surface area contributed by atoms with Crippen LogP contribution in [0.3, 0.4) is 0 Å². The molecule has 10 nitrogen and oxygen atoms in total. The van der Waals surface area contributed by atoms with Crippen LogP contribution in [0.4, 0.5) is 16.3 Å². The Morgan fingerprint density at radius 1 is 1.03 bits per heavy atom. The van der Waals surface area contributed by atoms with Crippen LogP contribution in [0.2, 0.25) is 0 Å². The molecule has 37 heavy (non-hydrogen) atoms. The van der Waals surface area contributed by atoms with Gasteiger partial charge >= 0.3 is 6.03 Å². The number of hydrogen-bond acceptors (Lipinski definition) is 7. The Morgan fingerprint density at radius 2 is 1.78 bits per heavy atom. The van der Waals surface area contributed by atoms with Crippen LogP contribution in [-0.2, 0) is 16.0 Å². The minimum Gasteiger partial charge on any atom is -0.494 e. The van der Waals surface area contributed by atoms with Gasteiger partial charge in [-0.15, -0.1) is 0 Å². The minimum absolute atomic E-state index is 0.155. The van der Waals surface area contributed by atoms with E-state index in [9.17, 15) is 9.59 Å². The molecule has 3 amide bonds. The predicted molar refractivity (Wildman–Crippen MR) is 143 cm³/mol. The van der Waals surface area contributed by atoms with Gasteiger partial charge in [0.2, 0.25) is 5.91 Å². The Hall–Kier alpha value is -4.22. The molecule has 0 bridgehead atoms. The zero-order chi connectivity index (χ0) is 26.0. The molecule has 0 unspecified atom stereocenters. The zero-order valence-electron chi connectivity index (χ0n) is 20.2. The molecule has 1 saturated heterocycles. The molecule has 2 heterocycles. The molecule has 0 spiro atoms. The van der Waals surface area contributed by atoms with E-state index in [4.69, 9.17) is 26.4 Å². The largest absolute Gasteiger partial charge is 0.494 e. The van der Waals surface area contributed by atoms with Gasteiger partial charge < -0.3 is 29.7 Å². The maximum absolute atomic E-state index is 12.4. The summed E-state index contributed by atoms with van der Waals surface area (Å²) in [6.07, 6.45) is 1.77. The minimum atomic E-state index is -0.239. The Bertz CT molecular complexity index is 1250. The smallest absolute Gasteiger partial charge is 0.323 e. The van der Waals surface area contributed by atoms with Crippen molar-refractivity contribution < 1.29 is 23.8 Å². The quantitative estimate of drug-likeness (QED) is 0.403. The number of urea groups is 1. The van der Waals surface area contributed by atoms with Crippen LogP contribution in [0.1, 0.15) is 5.56 Å². The van der Waals surface area contributed by atoms with Gasteiger partial charge in [-0.05, 0) is 36.0 Å². The van der Waals surface area contributed by atoms with Crippen LogP contribution in [0.5, 0.6) is 17.2 Å². The normalized spacial score (nSPS) is 12.8. The van der Waals surface area contributed by atoms with E-state index in [1.807, 2.05) is 30.3 Å². The van der Waals surface area contributed by atoms with Gasteiger partial charge in [-0.3, -0.25) is 10.1 Å². The van der Waals surface area contributed by atoms with Crippen molar-refractivity contribution in [3.8, 4) is 17.2 Å². The predicted octanol–water partition coefficient (Wildman–Crippen LogP) is 3.80. The molecule has 2 aromatic carbocycles. The highest BCUT2D eigenvalue weighted by Crippen LogP contribution is 2.32. The van der Waals surface area contributed by atoms with E-state index in [0.717, 1.165) is 5.56 Å². The van der Waals surface area contributed by atoms with Gasteiger partial charge in [0.05, 0.1) is 32.4 Å². The Kier molecular flexibility index (Phi) is 8.84. The molecule has 11 heteroatoms. The number of rotatable bonds is 7. The summed E-state index contributed by atoms with van der Waals surface area (Å²) < 4.78 is 16.7. The highest BCUT2D eigenvalue weighted by Gasteiger charge is 2.17. The second-order valence-corrected chi connectivity index (χ2v) is 8.44. The lowest BCUT2D eigenvalue weighted by Gasteiger charge is -2.26. The molecule has 3 aromatic rings. The van der Waals surface area contributed by atoms with Crippen LogP contribution in [0.25, 0.3) is 0 Å². The van der Waals surface area contributed by atoms with Crippen molar-refractivity contribution in [2.45, 2.75) is 6.42 Å². The summed E-state index contributed by atoms with van der Waals surface area (Å²) in [4.78, 5) is 30.6. The van der Waals surface area contributed by atoms with Crippen molar-refractivity contribution in [3.05, 3.63) is 72.4 Å². The average Bonchev–Trinajstić information content (AvgIpc) is 2.90. The number of ether oxygens (including phenoxy) is 3. The second kappa shape index (κ2) is 12.7. The van der Waals surface area contributed by atoms with Crippen molar-refractivity contribution >= 4 is 40.8 Å². The monoisotopic (exact) mass is 521 g/mol. The highest BCUT2D eigenvalue weighted by atomic mass is 32.1. The molecule has 4 rings (SSSR count). The number of morpholine rings is 1. The third-order valence-electron chi connectivity index (χ3n) is 5.38. The van der Waals surface area contributed by atoms with Crippen molar-refractivity contribution in [1.82, 2.24) is 15.2 Å². The van der Waals surface area contributed by atoms with Gasteiger partial charge in [-0.25, -0.2) is 9.78 Å². The van der Waals surface area contributed by atoms with Gasteiger partial charge in [-0.2, -0.15) is 0 Å². The average molecular weight is 522 g/mol. The zero-order valence-corrected chi connectivity index (χ0v) is 21.0. The van der Waals surface area contributed by atoms with E-state index in [-0.39, 0.29) is 23.5 Å². The van der Waals surface area contributed by atoms with E-state index < -0.39 is 0 Å². The summed E-state index contributed by atoms with van der Waals surface area (Å²) in [5.41, 5.74) is 1.45. The van der Waals surface area contributed by atoms with Crippen molar-refractivity contribution in [2.24, 2.45) is 0 Å². The van der Waals surface area contributed by atoms with Gasteiger partial charge in [0.25, 0.3) is 0 Å². The lowest BCUT2D eigenvalue weighted by atomic mass is 10.1. The van der Waals surface area contributed by atoms with Crippen molar-refractivity contribution in [3.63, 3.8) is 0 Å². The molecule has 3 N–H and O–H groups in total. The summed E-state index contributed by atoms with van der Waals surface area (Å²) in [6, 6.07) is 17.6.